The zero-order valence-electron chi connectivity index (χ0n) is 12.5. The number of aryl methyl sites for hydroxylation is 2. The van der Waals surface area contributed by atoms with E-state index < -0.39 is 17.0 Å². The van der Waals surface area contributed by atoms with Gasteiger partial charge in [-0.05, 0) is 49.2 Å². The van der Waals surface area contributed by atoms with Crippen LogP contribution < -0.4 is 4.74 Å². The number of carbonyl (C=O) groups excluding carboxylic acids is 1. The van der Waals surface area contributed by atoms with Crippen molar-refractivity contribution in [2.45, 2.75) is 26.6 Å². The molecule has 0 aliphatic heterocycles. The largest absolute Gasteiger partial charge is 0.488 e. The van der Waals surface area contributed by atoms with Crippen LogP contribution in [0.5, 0.6) is 5.75 Å². The molecule has 0 bridgehead atoms. The van der Waals surface area contributed by atoms with Crippen LogP contribution in [-0.2, 0) is 12.8 Å². The highest BCUT2D eigenvalue weighted by molar-refractivity contribution is 6.67. The first-order valence-corrected chi connectivity index (χ1v) is 7.17. The summed E-state index contributed by atoms with van der Waals surface area (Å²) in [5.74, 6) is -0.278. The van der Waals surface area contributed by atoms with Crippen molar-refractivity contribution in [1.82, 2.24) is 0 Å². The van der Waals surface area contributed by atoms with Crippen LogP contribution in [0.3, 0.4) is 0 Å². The molecule has 0 aliphatic carbocycles. The van der Waals surface area contributed by atoms with E-state index in [4.69, 9.17) is 16.3 Å². The molecule has 0 saturated heterocycles. The van der Waals surface area contributed by atoms with Crippen molar-refractivity contribution in [2.24, 2.45) is 0 Å². The number of ether oxygens (including phenoxy) is 1. The minimum atomic E-state index is -4.52. The number of benzene rings is 2. The molecule has 2 aromatic carbocycles. The van der Waals surface area contributed by atoms with Crippen LogP contribution in [0.2, 0.25) is 0 Å². The molecule has 0 amide bonds. The van der Waals surface area contributed by atoms with Gasteiger partial charge in [0.1, 0.15) is 12.4 Å². The maximum atomic E-state index is 13.1. The Morgan fingerprint density at radius 3 is 2.48 bits per heavy atom. The maximum absolute atomic E-state index is 13.1. The van der Waals surface area contributed by atoms with E-state index in [1.165, 1.54) is 18.2 Å². The van der Waals surface area contributed by atoms with E-state index in [1.54, 1.807) is 26.0 Å². The molecule has 122 valence electrons. The van der Waals surface area contributed by atoms with E-state index in [0.717, 1.165) is 11.6 Å². The number of hydrogen-bond donors (Lipinski definition) is 0. The van der Waals surface area contributed by atoms with Crippen LogP contribution in [0.15, 0.2) is 36.4 Å². The lowest BCUT2D eigenvalue weighted by atomic mass is 10.0. The smallest absolute Gasteiger partial charge is 0.419 e. The van der Waals surface area contributed by atoms with Gasteiger partial charge in [-0.25, -0.2) is 0 Å². The van der Waals surface area contributed by atoms with Gasteiger partial charge in [0.25, 0.3) is 5.24 Å². The lowest BCUT2D eigenvalue weighted by Crippen LogP contribution is -2.11. The van der Waals surface area contributed by atoms with E-state index >= 15 is 0 Å². The average Bonchev–Trinajstić information content (AvgIpc) is 2.45. The SMILES string of the molecule is Cc1ccc(OCc2c(C)cccc2C(=O)Cl)c(C(F)(F)F)c1. The number of halogens is 4. The first-order valence-electron chi connectivity index (χ1n) is 6.79. The summed E-state index contributed by atoms with van der Waals surface area (Å²) < 4.78 is 44.6. The van der Waals surface area contributed by atoms with Crippen molar-refractivity contribution in [3.8, 4) is 5.75 Å². The molecule has 23 heavy (non-hydrogen) atoms. The quantitative estimate of drug-likeness (QED) is 0.706. The zero-order chi connectivity index (χ0) is 17.2. The molecule has 0 unspecified atom stereocenters. The monoisotopic (exact) mass is 342 g/mol. The van der Waals surface area contributed by atoms with Gasteiger partial charge in [0.15, 0.2) is 0 Å². The highest BCUT2D eigenvalue weighted by Crippen LogP contribution is 2.37. The molecule has 0 heterocycles. The summed E-state index contributed by atoms with van der Waals surface area (Å²) in [5.41, 5.74) is 1.06. The molecule has 0 aliphatic rings. The Bertz CT molecular complexity index is 739. The van der Waals surface area contributed by atoms with E-state index in [9.17, 15) is 18.0 Å². The molecule has 6 heteroatoms. The minimum Gasteiger partial charge on any atom is -0.488 e. The van der Waals surface area contributed by atoms with Crippen molar-refractivity contribution in [2.75, 3.05) is 0 Å². The number of hydrogen-bond acceptors (Lipinski definition) is 2. The molecule has 0 fully saturated rings. The van der Waals surface area contributed by atoms with Gasteiger partial charge in [0, 0.05) is 11.1 Å². The second-order valence-corrected chi connectivity index (χ2v) is 5.50. The van der Waals surface area contributed by atoms with Gasteiger partial charge < -0.3 is 4.74 Å². The summed E-state index contributed by atoms with van der Waals surface area (Å²) in [6.45, 7) is 3.14. The molecule has 2 aromatic rings. The van der Waals surface area contributed by atoms with Crippen LogP contribution in [0.1, 0.15) is 32.6 Å². The highest BCUT2D eigenvalue weighted by atomic mass is 35.5. The average molecular weight is 343 g/mol. The second kappa shape index (κ2) is 6.62. The molecule has 0 aromatic heterocycles. The topological polar surface area (TPSA) is 26.3 Å². The molecular weight excluding hydrogens is 329 g/mol. The van der Waals surface area contributed by atoms with Gasteiger partial charge in [-0.3, -0.25) is 4.79 Å². The fourth-order valence-corrected chi connectivity index (χ4v) is 2.40. The van der Waals surface area contributed by atoms with Crippen molar-refractivity contribution in [3.05, 3.63) is 64.2 Å². The van der Waals surface area contributed by atoms with Crippen molar-refractivity contribution in [3.63, 3.8) is 0 Å². The Morgan fingerprint density at radius 1 is 1.17 bits per heavy atom. The first-order chi connectivity index (χ1) is 10.7. The molecule has 0 saturated carbocycles. The molecule has 0 spiro atoms. The van der Waals surface area contributed by atoms with Crippen LogP contribution in [0, 0.1) is 13.8 Å². The van der Waals surface area contributed by atoms with Gasteiger partial charge in [-0.1, -0.05) is 23.8 Å². The Balaban J connectivity index is 2.35. The predicted octanol–water partition coefficient (Wildman–Crippen LogP) is 5.28. The lowest BCUT2D eigenvalue weighted by molar-refractivity contribution is -0.139. The van der Waals surface area contributed by atoms with Crippen molar-refractivity contribution < 1.29 is 22.7 Å². The third-order valence-electron chi connectivity index (χ3n) is 3.43. The number of carbonyl (C=O) groups is 1. The molecule has 0 N–H and O–H groups in total. The van der Waals surface area contributed by atoms with Crippen LogP contribution in [-0.4, -0.2) is 5.24 Å². The van der Waals surface area contributed by atoms with E-state index in [1.807, 2.05) is 0 Å². The molecule has 0 atom stereocenters. The third-order valence-corrected chi connectivity index (χ3v) is 3.64. The Hall–Kier alpha value is -2.01. The fraction of sp³-hybridized carbons (Fsp3) is 0.235. The fourth-order valence-electron chi connectivity index (χ4n) is 2.22. The van der Waals surface area contributed by atoms with E-state index in [0.29, 0.717) is 11.1 Å². The van der Waals surface area contributed by atoms with Crippen LogP contribution in [0.25, 0.3) is 0 Å². The summed E-state index contributed by atoms with van der Waals surface area (Å²) in [6.07, 6.45) is -4.52. The zero-order valence-corrected chi connectivity index (χ0v) is 13.3. The Kier molecular flexibility index (Phi) is 5.00. The molecule has 2 rings (SSSR count). The van der Waals surface area contributed by atoms with E-state index in [2.05, 4.69) is 0 Å². The summed E-state index contributed by atoms with van der Waals surface area (Å²) >= 11 is 5.51. The summed E-state index contributed by atoms with van der Waals surface area (Å²) in [4.78, 5) is 11.4. The van der Waals surface area contributed by atoms with Gasteiger partial charge in [-0.2, -0.15) is 13.2 Å². The van der Waals surface area contributed by atoms with Crippen molar-refractivity contribution >= 4 is 16.8 Å². The predicted molar refractivity (Wildman–Crippen MR) is 81.9 cm³/mol. The molecule has 0 radical (unpaired) electrons. The minimum absolute atomic E-state index is 0.174. The first kappa shape index (κ1) is 17.3. The maximum Gasteiger partial charge on any atom is 0.419 e. The van der Waals surface area contributed by atoms with Gasteiger partial charge in [-0.15, -0.1) is 0 Å². The Morgan fingerprint density at radius 2 is 1.87 bits per heavy atom. The second-order valence-electron chi connectivity index (χ2n) is 5.16. The lowest BCUT2D eigenvalue weighted by Gasteiger charge is -2.16. The standard InChI is InChI=1S/C17H14ClF3O2/c1-10-6-7-15(14(8-10)17(19,20)21)23-9-13-11(2)4-3-5-12(13)16(18)22/h3-8H,9H2,1-2H3. The summed E-state index contributed by atoms with van der Waals surface area (Å²) in [6, 6.07) is 8.75. The highest BCUT2D eigenvalue weighted by Gasteiger charge is 2.34. The number of alkyl halides is 3. The number of rotatable bonds is 4. The molecular formula is C17H14ClF3O2. The van der Waals surface area contributed by atoms with E-state index in [-0.39, 0.29) is 17.9 Å². The van der Waals surface area contributed by atoms with Crippen molar-refractivity contribution in [1.29, 1.82) is 0 Å². The Labute approximate surface area is 136 Å². The molecule has 2 nitrogen and oxygen atoms in total. The van der Waals surface area contributed by atoms with Gasteiger partial charge in [0.2, 0.25) is 0 Å². The summed E-state index contributed by atoms with van der Waals surface area (Å²) in [7, 11) is 0. The summed E-state index contributed by atoms with van der Waals surface area (Å²) in [5, 5.41) is -0.674. The van der Waals surface area contributed by atoms with Crippen LogP contribution in [0.4, 0.5) is 13.2 Å². The van der Waals surface area contributed by atoms with Crippen LogP contribution >= 0.6 is 11.6 Å². The third kappa shape index (κ3) is 4.05. The normalized spacial score (nSPS) is 11.4. The van der Waals surface area contributed by atoms with Gasteiger partial charge in [0.05, 0.1) is 5.56 Å². The van der Waals surface area contributed by atoms with Gasteiger partial charge >= 0.3 is 6.18 Å².